The molecule has 16 heavy (non-hydrogen) atoms. The molecular formula is C10H13N3OS2. The molecule has 1 fully saturated rings. The number of ether oxygens (including phenoxy) is 1. The van der Waals surface area contributed by atoms with Crippen molar-refractivity contribution in [1.29, 1.82) is 5.26 Å². The molecule has 0 aliphatic carbocycles. The summed E-state index contributed by atoms with van der Waals surface area (Å²) in [5.41, 5.74) is 6.34. The Morgan fingerprint density at radius 3 is 2.69 bits per heavy atom. The van der Waals surface area contributed by atoms with Crippen LogP contribution in [-0.4, -0.2) is 31.7 Å². The zero-order valence-corrected chi connectivity index (χ0v) is 10.7. The molecule has 2 rings (SSSR count). The maximum absolute atomic E-state index is 8.95. The topological polar surface area (TPSA) is 62.3 Å². The molecule has 1 aliphatic heterocycles. The van der Waals surface area contributed by atoms with Crippen LogP contribution in [0.4, 0.5) is 10.7 Å². The first-order chi connectivity index (χ1) is 7.77. The second-order valence-electron chi connectivity index (χ2n) is 3.39. The number of nitrogens with two attached hydrogens (primary N) is 1. The number of rotatable bonds is 2. The van der Waals surface area contributed by atoms with E-state index < -0.39 is 0 Å². The van der Waals surface area contributed by atoms with Gasteiger partial charge in [0.05, 0.1) is 7.11 Å². The van der Waals surface area contributed by atoms with E-state index in [1.165, 1.54) is 11.3 Å². The van der Waals surface area contributed by atoms with Gasteiger partial charge in [0.25, 0.3) is 0 Å². The molecule has 0 amide bonds. The van der Waals surface area contributed by atoms with E-state index in [9.17, 15) is 0 Å². The number of hydrogen-bond acceptors (Lipinski definition) is 6. The van der Waals surface area contributed by atoms with Gasteiger partial charge in [0.2, 0.25) is 0 Å². The van der Waals surface area contributed by atoms with Gasteiger partial charge >= 0.3 is 0 Å². The van der Waals surface area contributed by atoms with Crippen molar-refractivity contribution in [3.8, 4) is 11.8 Å². The minimum Gasteiger partial charge on any atom is -0.492 e. The zero-order valence-electron chi connectivity index (χ0n) is 9.02. The number of methoxy groups -OCH3 is 1. The Hall–Kier alpha value is -1.06. The Balaban J connectivity index is 2.35. The normalized spacial score (nSPS) is 15.9. The summed E-state index contributed by atoms with van der Waals surface area (Å²) in [5, 5.41) is 9.95. The van der Waals surface area contributed by atoms with Gasteiger partial charge in [-0.1, -0.05) is 0 Å². The molecule has 2 heterocycles. The van der Waals surface area contributed by atoms with Crippen LogP contribution in [0.25, 0.3) is 0 Å². The molecule has 6 heteroatoms. The molecule has 0 unspecified atom stereocenters. The SMILES string of the molecule is COc1c(N2CCSCC2)sc(C#N)c1N. The van der Waals surface area contributed by atoms with Crippen LogP contribution < -0.4 is 15.4 Å². The third-order valence-corrected chi connectivity index (χ3v) is 4.58. The number of anilines is 2. The van der Waals surface area contributed by atoms with Gasteiger partial charge in [-0.25, -0.2) is 0 Å². The predicted octanol–water partition coefficient (Wildman–Crippen LogP) is 1.76. The summed E-state index contributed by atoms with van der Waals surface area (Å²) in [6, 6.07) is 2.11. The monoisotopic (exact) mass is 255 g/mol. The fourth-order valence-corrected chi connectivity index (χ4v) is 3.61. The van der Waals surface area contributed by atoms with Crippen molar-refractivity contribution in [2.75, 3.05) is 42.3 Å². The van der Waals surface area contributed by atoms with Crippen LogP contribution in [0.1, 0.15) is 4.88 Å². The van der Waals surface area contributed by atoms with E-state index in [1.807, 2.05) is 11.8 Å². The number of thiophene rings is 1. The van der Waals surface area contributed by atoms with E-state index in [2.05, 4.69) is 11.0 Å². The molecule has 1 aromatic rings. The Morgan fingerprint density at radius 1 is 1.44 bits per heavy atom. The van der Waals surface area contributed by atoms with Crippen molar-refractivity contribution in [3.63, 3.8) is 0 Å². The molecule has 4 nitrogen and oxygen atoms in total. The molecule has 0 aromatic carbocycles. The van der Waals surface area contributed by atoms with Crippen LogP contribution in [0.3, 0.4) is 0 Å². The van der Waals surface area contributed by atoms with E-state index in [4.69, 9.17) is 15.7 Å². The number of nitrogens with zero attached hydrogens (tertiary/aromatic N) is 2. The summed E-state index contributed by atoms with van der Waals surface area (Å²) in [5.74, 6) is 2.89. The summed E-state index contributed by atoms with van der Waals surface area (Å²) in [7, 11) is 1.60. The van der Waals surface area contributed by atoms with Gasteiger partial charge in [0.15, 0.2) is 5.75 Å². The van der Waals surface area contributed by atoms with Crippen molar-refractivity contribution >= 4 is 33.8 Å². The molecule has 2 N–H and O–H groups in total. The fraction of sp³-hybridized carbons (Fsp3) is 0.500. The van der Waals surface area contributed by atoms with Gasteiger partial charge in [0.1, 0.15) is 21.6 Å². The van der Waals surface area contributed by atoms with Crippen LogP contribution in [0.2, 0.25) is 0 Å². The highest BCUT2D eigenvalue weighted by Crippen LogP contribution is 2.44. The van der Waals surface area contributed by atoms with Crippen molar-refractivity contribution < 1.29 is 4.74 Å². The molecule has 86 valence electrons. The Morgan fingerprint density at radius 2 is 2.12 bits per heavy atom. The molecule has 0 saturated carbocycles. The maximum Gasteiger partial charge on any atom is 0.177 e. The molecule has 1 aliphatic rings. The van der Waals surface area contributed by atoms with E-state index in [1.54, 1.807) is 7.11 Å². The molecular weight excluding hydrogens is 242 g/mol. The first-order valence-electron chi connectivity index (χ1n) is 4.97. The average molecular weight is 255 g/mol. The standard InChI is InChI=1S/C10H13N3OS2/c1-14-9-8(12)7(6-11)16-10(9)13-2-4-15-5-3-13/h2-5,12H2,1H3. The smallest absolute Gasteiger partial charge is 0.177 e. The summed E-state index contributed by atoms with van der Waals surface area (Å²) >= 11 is 3.37. The van der Waals surface area contributed by atoms with E-state index >= 15 is 0 Å². The van der Waals surface area contributed by atoms with Gasteiger partial charge < -0.3 is 15.4 Å². The third-order valence-electron chi connectivity index (χ3n) is 2.49. The van der Waals surface area contributed by atoms with Crippen LogP contribution in [0, 0.1) is 11.3 Å². The lowest BCUT2D eigenvalue weighted by molar-refractivity contribution is 0.418. The van der Waals surface area contributed by atoms with Gasteiger partial charge in [0, 0.05) is 24.6 Å². The predicted molar refractivity (Wildman–Crippen MR) is 69.5 cm³/mol. The van der Waals surface area contributed by atoms with E-state index in [0.29, 0.717) is 16.3 Å². The molecule has 0 radical (unpaired) electrons. The average Bonchev–Trinajstić information content (AvgIpc) is 2.66. The number of thioether (sulfide) groups is 1. The fourth-order valence-electron chi connectivity index (χ4n) is 1.67. The molecule has 0 spiro atoms. The Kier molecular flexibility index (Phi) is 3.46. The van der Waals surface area contributed by atoms with Crippen LogP contribution >= 0.6 is 23.1 Å². The van der Waals surface area contributed by atoms with Crippen molar-refractivity contribution in [2.45, 2.75) is 0 Å². The highest BCUT2D eigenvalue weighted by atomic mass is 32.2. The van der Waals surface area contributed by atoms with Gasteiger partial charge in [-0.05, 0) is 0 Å². The minimum absolute atomic E-state index is 0.475. The second kappa shape index (κ2) is 4.85. The van der Waals surface area contributed by atoms with E-state index in [0.717, 1.165) is 29.6 Å². The number of nitrogen functional groups attached to an aromatic ring is 1. The highest BCUT2D eigenvalue weighted by molar-refractivity contribution is 7.99. The van der Waals surface area contributed by atoms with Crippen LogP contribution in [0.5, 0.6) is 5.75 Å². The van der Waals surface area contributed by atoms with Crippen molar-refractivity contribution in [2.24, 2.45) is 0 Å². The number of nitriles is 1. The maximum atomic E-state index is 8.95. The van der Waals surface area contributed by atoms with Crippen molar-refractivity contribution in [3.05, 3.63) is 4.88 Å². The molecule has 0 atom stereocenters. The lowest BCUT2D eigenvalue weighted by atomic mass is 10.3. The molecule has 1 aromatic heterocycles. The first kappa shape index (κ1) is 11.4. The summed E-state index contributed by atoms with van der Waals surface area (Å²) in [6.07, 6.45) is 0. The molecule has 0 bridgehead atoms. The zero-order chi connectivity index (χ0) is 11.5. The highest BCUT2D eigenvalue weighted by Gasteiger charge is 2.22. The van der Waals surface area contributed by atoms with Gasteiger partial charge in [-0.2, -0.15) is 17.0 Å². The summed E-state index contributed by atoms with van der Waals surface area (Å²) in [6.45, 7) is 1.98. The quantitative estimate of drug-likeness (QED) is 0.872. The largest absolute Gasteiger partial charge is 0.492 e. The van der Waals surface area contributed by atoms with Gasteiger partial charge in [-0.3, -0.25) is 0 Å². The van der Waals surface area contributed by atoms with E-state index in [-0.39, 0.29) is 0 Å². The minimum atomic E-state index is 0.475. The summed E-state index contributed by atoms with van der Waals surface area (Å²) in [4.78, 5) is 2.79. The lowest BCUT2D eigenvalue weighted by Gasteiger charge is -2.27. The molecule has 1 saturated heterocycles. The lowest BCUT2D eigenvalue weighted by Crippen LogP contribution is -2.31. The first-order valence-corrected chi connectivity index (χ1v) is 6.94. The Bertz CT molecular complexity index is 418. The Labute approximate surface area is 103 Å². The van der Waals surface area contributed by atoms with Crippen molar-refractivity contribution in [1.82, 2.24) is 0 Å². The summed E-state index contributed by atoms with van der Waals surface area (Å²) < 4.78 is 5.30. The van der Waals surface area contributed by atoms with Gasteiger partial charge in [-0.15, -0.1) is 11.3 Å². The van der Waals surface area contributed by atoms with Crippen LogP contribution in [0.15, 0.2) is 0 Å². The van der Waals surface area contributed by atoms with Crippen LogP contribution in [-0.2, 0) is 0 Å². The third kappa shape index (κ3) is 1.93. The second-order valence-corrected chi connectivity index (χ2v) is 5.62. The number of hydrogen-bond donors (Lipinski definition) is 1.